The second-order valence-corrected chi connectivity index (χ2v) is 8.97. The van der Waals surface area contributed by atoms with Crippen LogP contribution in [0.25, 0.3) is 5.69 Å². The molecule has 3 N–H and O–H groups in total. The molecule has 0 atom stereocenters. The van der Waals surface area contributed by atoms with E-state index in [-0.39, 0.29) is 34.4 Å². The number of ether oxygens (including phenoxy) is 1. The predicted molar refractivity (Wildman–Crippen MR) is 149 cm³/mol. The van der Waals surface area contributed by atoms with E-state index >= 15 is 0 Å². The van der Waals surface area contributed by atoms with Crippen LogP contribution in [-0.2, 0) is 6.42 Å². The van der Waals surface area contributed by atoms with Crippen LogP contribution in [0.2, 0.25) is 0 Å². The van der Waals surface area contributed by atoms with Crippen molar-refractivity contribution < 1.29 is 27.5 Å². The minimum Gasteiger partial charge on any atom is -0.457 e. The van der Waals surface area contributed by atoms with Crippen LogP contribution < -0.4 is 20.7 Å². The van der Waals surface area contributed by atoms with Crippen LogP contribution in [0.4, 0.5) is 29.5 Å². The molecule has 0 spiro atoms. The van der Waals surface area contributed by atoms with Gasteiger partial charge in [0.2, 0.25) is 0 Å². The maximum atomic E-state index is 14.9. The number of amides is 3. The van der Waals surface area contributed by atoms with Gasteiger partial charge in [-0.3, -0.25) is 15.1 Å². The molecule has 0 aliphatic heterocycles. The molecule has 12 heteroatoms. The number of urea groups is 1. The van der Waals surface area contributed by atoms with E-state index in [0.717, 1.165) is 34.5 Å². The summed E-state index contributed by atoms with van der Waals surface area (Å²) in [6, 6.07) is 19.5. The molecule has 0 saturated carbocycles. The molecule has 0 aliphatic rings. The van der Waals surface area contributed by atoms with E-state index in [4.69, 9.17) is 4.74 Å². The SMILES string of the molecule is CNC(=O)c1cc(Oc2ccc(NC(=O)Nc3cc(Cc4ccccc4)nn3-c3cc(F)ccc3F)c(F)c2)ccn1. The number of nitrogens with one attached hydrogen (secondary N) is 3. The maximum Gasteiger partial charge on any atom is 0.324 e. The highest BCUT2D eigenvalue weighted by Crippen LogP contribution is 2.27. The van der Waals surface area contributed by atoms with Crippen molar-refractivity contribution in [1.29, 1.82) is 0 Å². The third kappa shape index (κ3) is 6.55. The number of hydrogen-bond acceptors (Lipinski definition) is 5. The molecule has 0 aliphatic carbocycles. The van der Waals surface area contributed by atoms with Crippen LogP contribution in [0, 0.1) is 17.5 Å². The second-order valence-electron chi connectivity index (χ2n) is 8.97. The fraction of sp³-hybridized carbons (Fsp3) is 0.0667. The van der Waals surface area contributed by atoms with Gasteiger partial charge in [0.15, 0.2) is 0 Å². The average molecular weight is 573 g/mol. The van der Waals surface area contributed by atoms with Crippen LogP contribution in [0.3, 0.4) is 0 Å². The number of carbonyl (C=O) groups excluding carboxylic acids is 2. The second kappa shape index (κ2) is 12.3. The van der Waals surface area contributed by atoms with E-state index in [1.807, 2.05) is 30.3 Å². The quantitative estimate of drug-likeness (QED) is 0.209. The Bertz CT molecular complexity index is 1760. The molecular formula is C30H23F3N6O3. The molecule has 2 aromatic heterocycles. The van der Waals surface area contributed by atoms with E-state index in [9.17, 15) is 22.8 Å². The Morgan fingerprint density at radius 3 is 2.40 bits per heavy atom. The van der Waals surface area contributed by atoms with E-state index in [2.05, 4.69) is 26.0 Å². The number of halogens is 3. The lowest BCUT2D eigenvalue weighted by atomic mass is 10.1. The fourth-order valence-electron chi connectivity index (χ4n) is 4.04. The number of rotatable bonds is 8. The summed E-state index contributed by atoms with van der Waals surface area (Å²) in [7, 11) is 1.46. The highest BCUT2D eigenvalue weighted by atomic mass is 19.1. The molecule has 3 amide bonds. The first-order chi connectivity index (χ1) is 20.3. The van der Waals surface area contributed by atoms with E-state index in [0.29, 0.717) is 12.1 Å². The third-order valence-electron chi connectivity index (χ3n) is 5.98. The first kappa shape index (κ1) is 27.9. The van der Waals surface area contributed by atoms with Crippen LogP contribution in [0.1, 0.15) is 21.7 Å². The van der Waals surface area contributed by atoms with Crippen LogP contribution in [-0.4, -0.2) is 33.8 Å². The Balaban J connectivity index is 1.34. The minimum absolute atomic E-state index is 0.0351. The van der Waals surface area contributed by atoms with Gasteiger partial charge in [-0.05, 0) is 35.9 Å². The molecule has 0 saturated heterocycles. The lowest BCUT2D eigenvalue weighted by Crippen LogP contribution is -2.22. The van der Waals surface area contributed by atoms with Gasteiger partial charge in [0.1, 0.15) is 46.1 Å². The molecule has 0 fully saturated rings. The molecule has 5 rings (SSSR count). The number of pyridine rings is 1. The number of carbonyl (C=O) groups is 2. The van der Waals surface area contributed by atoms with Gasteiger partial charge >= 0.3 is 6.03 Å². The van der Waals surface area contributed by atoms with Crippen LogP contribution >= 0.6 is 0 Å². The van der Waals surface area contributed by atoms with Crippen molar-refractivity contribution in [2.24, 2.45) is 0 Å². The number of hydrogen-bond donors (Lipinski definition) is 3. The third-order valence-corrected chi connectivity index (χ3v) is 5.98. The smallest absolute Gasteiger partial charge is 0.324 e. The van der Waals surface area contributed by atoms with Gasteiger partial charge in [0.25, 0.3) is 5.91 Å². The maximum absolute atomic E-state index is 14.9. The van der Waals surface area contributed by atoms with E-state index in [1.54, 1.807) is 0 Å². The van der Waals surface area contributed by atoms with Gasteiger partial charge in [-0.15, -0.1) is 0 Å². The number of anilines is 2. The van der Waals surface area contributed by atoms with Crippen molar-refractivity contribution >= 4 is 23.4 Å². The first-order valence-electron chi connectivity index (χ1n) is 12.6. The molecule has 2 heterocycles. The van der Waals surface area contributed by atoms with Crippen LogP contribution in [0.5, 0.6) is 11.5 Å². The zero-order valence-corrected chi connectivity index (χ0v) is 22.1. The molecule has 5 aromatic rings. The Labute approximate surface area is 238 Å². The summed E-state index contributed by atoms with van der Waals surface area (Å²) < 4.78 is 50.2. The summed E-state index contributed by atoms with van der Waals surface area (Å²) in [5, 5.41) is 11.8. The summed E-state index contributed by atoms with van der Waals surface area (Å²) in [6.45, 7) is 0. The number of aromatic nitrogens is 3. The lowest BCUT2D eigenvalue weighted by Gasteiger charge is -2.12. The zero-order chi connectivity index (χ0) is 29.6. The summed E-state index contributed by atoms with van der Waals surface area (Å²) in [5.74, 6) is -2.27. The van der Waals surface area contributed by atoms with Gasteiger partial charge in [-0.25, -0.2) is 22.6 Å². The van der Waals surface area contributed by atoms with Crippen molar-refractivity contribution in [2.75, 3.05) is 17.7 Å². The average Bonchev–Trinajstić information content (AvgIpc) is 3.37. The number of nitrogens with zero attached hydrogens (tertiary/aromatic N) is 3. The highest BCUT2D eigenvalue weighted by molar-refractivity contribution is 5.99. The summed E-state index contributed by atoms with van der Waals surface area (Å²) in [6.07, 6.45) is 1.74. The molecule has 42 heavy (non-hydrogen) atoms. The first-order valence-corrected chi connectivity index (χ1v) is 12.6. The highest BCUT2D eigenvalue weighted by Gasteiger charge is 2.18. The molecule has 0 radical (unpaired) electrons. The standard InChI is InChI=1S/C30H23F3N6O3/c1-34-29(40)26-17-22(11-12-35-26)42-21-8-10-25(24(33)16-21)36-30(41)37-28-15-20(13-18-5-3-2-4-6-18)38-39(28)27-14-19(31)7-9-23(27)32/h2-12,14-17H,13H2,1H3,(H,34,40)(H2,36,37,41). The molecule has 9 nitrogen and oxygen atoms in total. The van der Waals surface area contributed by atoms with Crippen molar-refractivity contribution in [3.63, 3.8) is 0 Å². The van der Waals surface area contributed by atoms with Gasteiger partial charge < -0.3 is 15.4 Å². The van der Waals surface area contributed by atoms with Gasteiger partial charge in [-0.2, -0.15) is 5.10 Å². The molecule has 3 aromatic carbocycles. The summed E-state index contributed by atoms with van der Waals surface area (Å²) in [5.41, 5.74) is 1.12. The molecule has 0 bridgehead atoms. The summed E-state index contributed by atoms with van der Waals surface area (Å²) >= 11 is 0. The monoisotopic (exact) mass is 572 g/mol. The molecule has 0 unspecified atom stereocenters. The predicted octanol–water partition coefficient (Wildman–Crippen LogP) is 6.07. The Kier molecular flexibility index (Phi) is 8.14. The van der Waals surface area contributed by atoms with Crippen LogP contribution in [0.15, 0.2) is 91.1 Å². The van der Waals surface area contributed by atoms with E-state index in [1.165, 1.54) is 43.6 Å². The Hall–Kier alpha value is -5.65. The molecular weight excluding hydrogens is 549 g/mol. The van der Waals surface area contributed by atoms with E-state index < -0.39 is 29.4 Å². The molecule has 212 valence electrons. The van der Waals surface area contributed by atoms with Gasteiger partial charge in [-0.1, -0.05) is 30.3 Å². The van der Waals surface area contributed by atoms with Crippen molar-refractivity contribution in [2.45, 2.75) is 6.42 Å². The Morgan fingerprint density at radius 2 is 1.64 bits per heavy atom. The minimum atomic E-state index is -0.851. The fourth-order valence-corrected chi connectivity index (χ4v) is 4.04. The van der Waals surface area contributed by atoms with Crippen molar-refractivity contribution in [3.8, 4) is 17.2 Å². The normalized spacial score (nSPS) is 10.7. The van der Waals surface area contributed by atoms with Crippen molar-refractivity contribution in [3.05, 3.63) is 126 Å². The van der Waals surface area contributed by atoms with Crippen molar-refractivity contribution in [1.82, 2.24) is 20.1 Å². The Morgan fingerprint density at radius 1 is 0.857 bits per heavy atom. The van der Waals surface area contributed by atoms with Gasteiger partial charge in [0, 0.05) is 43.9 Å². The number of benzene rings is 3. The van der Waals surface area contributed by atoms with Gasteiger partial charge in [0.05, 0.1) is 11.4 Å². The summed E-state index contributed by atoms with van der Waals surface area (Å²) in [4.78, 5) is 28.6. The lowest BCUT2D eigenvalue weighted by molar-refractivity contribution is 0.0957. The zero-order valence-electron chi connectivity index (χ0n) is 22.1. The largest absolute Gasteiger partial charge is 0.457 e. The topological polar surface area (TPSA) is 110 Å².